The maximum atomic E-state index is 8.95. The average Bonchev–Trinajstić information content (AvgIpc) is 1.98. The largest absolute Gasteiger partial charge is 0.393 e. The first-order valence-corrected chi connectivity index (χ1v) is 3.86. The summed E-state index contributed by atoms with van der Waals surface area (Å²) in [6, 6.07) is 2.07. The molecule has 0 spiro atoms. The molecule has 0 aromatic heterocycles. The van der Waals surface area contributed by atoms with Crippen LogP contribution in [-0.2, 0) is 0 Å². The quantitative estimate of drug-likeness (QED) is 0.648. The molecule has 0 fully saturated rings. The zero-order chi connectivity index (χ0) is 8.85. The van der Waals surface area contributed by atoms with Gasteiger partial charge in [0.05, 0.1) is 18.2 Å². The van der Waals surface area contributed by atoms with Crippen molar-refractivity contribution in [3.05, 3.63) is 0 Å². The van der Waals surface area contributed by atoms with Crippen LogP contribution < -0.4 is 0 Å². The molecule has 1 N–H and O–H groups in total. The van der Waals surface area contributed by atoms with Crippen LogP contribution in [0, 0.1) is 11.3 Å². The summed E-state index contributed by atoms with van der Waals surface area (Å²) in [5.41, 5.74) is 0. The number of aliphatic hydroxyl groups is 1. The lowest BCUT2D eigenvalue weighted by atomic mass is 10.2. The molecule has 3 nitrogen and oxygen atoms in total. The summed E-state index contributed by atoms with van der Waals surface area (Å²) in [5.74, 6) is 0. The Balaban J connectivity index is 3.53. The van der Waals surface area contributed by atoms with Crippen LogP contribution in [0.3, 0.4) is 0 Å². The number of nitrogens with zero attached hydrogens (tertiary/aromatic N) is 2. The smallest absolute Gasteiger partial charge is 0.0946 e. The molecule has 0 saturated heterocycles. The van der Waals surface area contributed by atoms with E-state index in [1.165, 1.54) is 0 Å². The molecule has 2 atom stereocenters. The topological polar surface area (TPSA) is 47.3 Å². The summed E-state index contributed by atoms with van der Waals surface area (Å²) in [5, 5.41) is 17.5. The second-order valence-electron chi connectivity index (χ2n) is 2.92. The van der Waals surface area contributed by atoms with E-state index < -0.39 is 0 Å². The summed E-state index contributed by atoms with van der Waals surface area (Å²) < 4.78 is 0. The van der Waals surface area contributed by atoms with Gasteiger partial charge in [0.2, 0.25) is 0 Å². The Kier molecular flexibility index (Phi) is 4.84. The normalized spacial score (nSPS) is 16.0. The molecule has 3 heteroatoms. The molecule has 0 radical (unpaired) electrons. The molecule has 11 heavy (non-hydrogen) atoms. The van der Waals surface area contributed by atoms with E-state index in [1.54, 1.807) is 6.92 Å². The van der Waals surface area contributed by atoms with E-state index in [4.69, 9.17) is 10.4 Å². The third-order valence-corrected chi connectivity index (χ3v) is 1.75. The second kappa shape index (κ2) is 5.11. The highest BCUT2D eigenvalue weighted by molar-refractivity contribution is 4.86. The molecule has 0 amide bonds. The van der Waals surface area contributed by atoms with Gasteiger partial charge < -0.3 is 5.11 Å². The fourth-order valence-corrected chi connectivity index (χ4v) is 0.683. The molecule has 0 heterocycles. The number of hydrogen-bond donors (Lipinski definition) is 1. The highest BCUT2D eigenvalue weighted by Crippen LogP contribution is 1.97. The maximum Gasteiger partial charge on any atom is 0.0946 e. The first-order valence-electron chi connectivity index (χ1n) is 3.86. The van der Waals surface area contributed by atoms with Crippen molar-refractivity contribution in [3.8, 4) is 6.07 Å². The van der Waals surface area contributed by atoms with Gasteiger partial charge in [0.25, 0.3) is 0 Å². The van der Waals surface area contributed by atoms with Crippen molar-refractivity contribution in [2.45, 2.75) is 32.4 Å². The van der Waals surface area contributed by atoms with Crippen molar-refractivity contribution in [3.63, 3.8) is 0 Å². The highest BCUT2D eigenvalue weighted by Gasteiger charge is 2.07. The van der Waals surface area contributed by atoms with Gasteiger partial charge in [-0.25, -0.2) is 0 Å². The number of aliphatic hydroxyl groups excluding tert-OH is 1. The summed E-state index contributed by atoms with van der Waals surface area (Å²) >= 11 is 0. The van der Waals surface area contributed by atoms with Crippen molar-refractivity contribution in [2.75, 3.05) is 13.6 Å². The number of nitriles is 1. The Morgan fingerprint density at radius 1 is 1.55 bits per heavy atom. The molecule has 0 aliphatic carbocycles. The van der Waals surface area contributed by atoms with E-state index in [0.29, 0.717) is 0 Å². The third-order valence-electron chi connectivity index (χ3n) is 1.75. The summed E-state index contributed by atoms with van der Waals surface area (Å²) in [6.45, 7) is 4.37. The standard InChI is InChI=1S/C8H16N2O/c1-7(6-9)10(3)5-4-8(2)11/h7-8,11H,4-5H2,1-3H3. The molecular weight excluding hydrogens is 140 g/mol. The van der Waals surface area contributed by atoms with Gasteiger partial charge in [-0.3, -0.25) is 4.90 Å². The van der Waals surface area contributed by atoms with E-state index in [-0.39, 0.29) is 12.1 Å². The monoisotopic (exact) mass is 156 g/mol. The van der Waals surface area contributed by atoms with Crippen molar-refractivity contribution in [1.82, 2.24) is 4.90 Å². The molecular formula is C8H16N2O. The maximum absolute atomic E-state index is 8.95. The summed E-state index contributed by atoms with van der Waals surface area (Å²) in [7, 11) is 1.89. The Labute approximate surface area is 68.2 Å². The van der Waals surface area contributed by atoms with Crippen LogP contribution in [0.1, 0.15) is 20.3 Å². The van der Waals surface area contributed by atoms with Crippen LogP contribution in [0.2, 0.25) is 0 Å². The van der Waals surface area contributed by atoms with Gasteiger partial charge >= 0.3 is 0 Å². The lowest BCUT2D eigenvalue weighted by molar-refractivity contribution is 0.160. The predicted molar refractivity (Wildman–Crippen MR) is 44.0 cm³/mol. The second-order valence-corrected chi connectivity index (χ2v) is 2.92. The molecule has 0 rings (SSSR count). The van der Waals surface area contributed by atoms with E-state index >= 15 is 0 Å². The van der Waals surface area contributed by atoms with Crippen LogP contribution in [0.25, 0.3) is 0 Å². The van der Waals surface area contributed by atoms with E-state index in [0.717, 1.165) is 13.0 Å². The molecule has 0 aromatic carbocycles. The number of rotatable bonds is 4. The van der Waals surface area contributed by atoms with Crippen LogP contribution in [0.4, 0.5) is 0 Å². The molecule has 0 bridgehead atoms. The van der Waals surface area contributed by atoms with Gasteiger partial charge in [0, 0.05) is 6.54 Å². The van der Waals surface area contributed by atoms with Gasteiger partial charge in [-0.2, -0.15) is 5.26 Å². The van der Waals surface area contributed by atoms with Gasteiger partial charge in [-0.15, -0.1) is 0 Å². The first-order chi connectivity index (χ1) is 5.07. The van der Waals surface area contributed by atoms with Crippen LogP contribution in [0.15, 0.2) is 0 Å². The predicted octanol–water partition coefficient (Wildman–Crippen LogP) is 0.601. The third kappa shape index (κ3) is 4.77. The van der Waals surface area contributed by atoms with E-state index in [2.05, 4.69) is 6.07 Å². The van der Waals surface area contributed by atoms with Crippen molar-refractivity contribution >= 4 is 0 Å². The fourth-order valence-electron chi connectivity index (χ4n) is 0.683. The minimum absolute atomic E-state index is 0.0613. The number of hydrogen-bond acceptors (Lipinski definition) is 3. The SMILES string of the molecule is CC(O)CCN(C)C(C)C#N. The van der Waals surface area contributed by atoms with Gasteiger partial charge in [0.1, 0.15) is 0 Å². The minimum atomic E-state index is -0.275. The molecule has 0 aromatic rings. The van der Waals surface area contributed by atoms with Gasteiger partial charge in [-0.1, -0.05) is 0 Å². The van der Waals surface area contributed by atoms with E-state index in [1.807, 2.05) is 18.9 Å². The Morgan fingerprint density at radius 2 is 2.09 bits per heavy atom. The molecule has 64 valence electrons. The van der Waals surface area contributed by atoms with Crippen molar-refractivity contribution in [1.29, 1.82) is 5.26 Å². The fraction of sp³-hybridized carbons (Fsp3) is 0.875. The van der Waals surface area contributed by atoms with Gasteiger partial charge in [-0.05, 0) is 27.3 Å². The molecule has 2 unspecified atom stereocenters. The van der Waals surface area contributed by atoms with E-state index in [9.17, 15) is 0 Å². The summed E-state index contributed by atoms with van der Waals surface area (Å²) in [6.07, 6.45) is 0.450. The Morgan fingerprint density at radius 3 is 2.45 bits per heavy atom. The zero-order valence-electron chi connectivity index (χ0n) is 7.41. The molecule has 0 aliphatic rings. The van der Waals surface area contributed by atoms with Crippen LogP contribution in [-0.4, -0.2) is 35.7 Å². The Hall–Kier alpha value is -0.590. The zero-order valence-corrected chi connectivity index (χ0v) is 7.41. The lowest BCUT2D eigenvalue weighted by Gasteiger charge is -2.19. The summed E-state index contributed by atoms with van der Waals surface area (Å²) in [4.78, 5) is 1.92. The molecule has 0 saturated carbocycles. The average molecular weight is 156 g/mol. The minimum Gasteiger partial charge on any atom is -0.393 e. The van der Waals surface area contributed by atoms with Gasteiger partial charge in [0.15, 0.2) is 0 Å². The first kappa shape index (κ1) is 10.4. The van der Waals surface area contributed by atoms with Crippen LogP contribution >= 0.6 is 0 Å². The lowest BCUT2D eigenvalue weighted by Crippen LogP contribution is -2.30. The van der Waals surface area contributed by atoms with Crippen molar-refractivity contribution < 1.29 is 5.11 Å². The van der Waals surface area contributed by atoms with Crippen LogP contribution in [0.5, 0.6) is 0 Å². The molecule has 0 aliphatic heterocycles. The Bertz CT molecular complexity index is 140. The van der Waals surface area contributed by atoms with Crippen molar-refractivity contribution in [2.24, 2.45) is 0 Å². The highest BCUT2D eigenvalue weighted by atomic mass is 16.3.